The van der Waals surface area contributed by atoms with Crippen molar-refractivity contribution in [3.63, 3.8) is 0 Å². The predicted molar refractivity (Wildman–Crippen MR) is 102 cm³/mol. The van der Waals surface area contributed by atoms with Gasteiger partial charge in [-0.3, -0.25) is 4.90 Å². The molecule has 0 aliphatic carbocycles. The molecule has 134 valence electrons. The summed E-state index contributed by atoms with van der Waals surface area (Å²) < 4.78 is 14.4. The van der Waals surface area contributed by atoms with Gasteiger partial charge in [-0.15, -0.1) is 24.8 Å². The van der Waals surface area contributed by atoms with Crippen molar-refractivity contribution in [1.29, 1.82) is 0 Å². The van der Waals surface area contributed by atoms with Crippen LogP contribution in [0.5, 0.6) is 0 Å². The van der Waals surface area contributed by atoms with E-state index in [1.807, 2.05) is 6.92 Å². The molecule has 1 aromatic carbocycles. The zero-order valence-electron chi connectivity index (χ0n) is 13.9. The van der Waals surface area contributed by atoms with Crippen LogP contribution in [0, 0.1) is 12.7 Å². The number of hydrogen-bond acceptors (Lipinski definition) is 2. The average molecular weight is 386 g/mol. The minimum absolute atomic E-state index is 0. The molecule has 0 bridgehead atoms. The van der Waals surface area contributed by atoms with Crippen LogP contribution in [0.15, 0.2) is 12.1 Å². The van der Waals surface area contributed by atoms with Crippen molar-refractivity contribution in [3.8, 4) is 0 Å². The predicted octanol–water partition coefficient (Wildman–Crippen LogP) is 5.16. The molecule has 0 unspecified atom stereocenters. The van der Waals surface area contributed by atoms with Crippen LogP contribution in [0.3, 0.4) is 0 Å². The molecule has 2 rings (SSSR count). The maximum atomic E-state index is 14.4. The normalized spacial score (nSPS) is 16.3. The van der Waals surface area contributed by atoms with Crippen molar-refractivity contribution in [2.75, 3.05) is 26.2 Å². The number of aryl methyl sites for hydroxylation is 1. The van der Waals surface area contributed by atoms with Crippen LogP contribution >= 0.6 is 36.4 Å². The van der Waals surface area contributed by atoms with Gasteiger partial charge in [0.2, 0.25) is 0 Å². The fraction of sp³-hybridized carbons (Fsp3) is 0.647. The zero-order valence-corrected chi connectivity index (χ0v) is 16.3. The lowest BCUT2D eigenvalue weighted by Crippen LogP contribution is -2.45. The van der Waals surface area contributed by atoms with Gasteiger partial charge in [0.15, 0.2) is 0 Å². The highest BCUT2D eigenvalue weighted by molar-refractivity contribution is 6.32. The quantitative estimate of drug-likeness (QED) is 0.681. The molecule has 0 aromatic heterocycles. The van der Waals surface area contributed by atoms with Gasteiger partial charge in [0.1, 0.15) is 5.82 Å². The fourth-order valence-corrected chi connectivity index (χ4v) is 3.35. The SMILES string of the molecule is CCCCC[C@@H](c1c(F)ccc(C)c1Cl)N1CCNCC1.Cl.Cl. The fourth-order valence-electron chi connectivity index (χ4n) is 3.07. The largest absolute Gasteiger partial charge is 0.314 e. The van der Waals surface area contributed by atoms with Gasteiger partial charge in [-0.1, -0.05) is 43.9 Å². The first-order chi connectivity index (χ1) is 10.1. The van der Waals surface area contributed by atoms with Gasteiger partial charge < -0.3 is 5.32 Å². The number of benzene rings is 1. The molecule has 0 radical (unpaired) electrons. The molecule has 0 saturated carbocycles. The van der Waals surface area contributed by atoms with Gasteiger partial charge in [0, 0.05) is 37.8 Å². The highest BCUT2D eigenvalue weighted by Crippen LogP contribution is 2.35. The summed E-state index contributed by atoms with van der Waals surface area (Å²) in [6.07, 6.45) is 4.47. The van der Waals surface area contributed by atoms with E-state index in [0.717, 1.165) is 44.6 Å². The zero-order chi connectivity index (χ0) is 15.2. The Labute approximate surface area is 157 Å². The van der Waals surface area contributed by atoms with E-state index in [-0.39, 0.29) is 36.7 Å². The number of unbranched alkanes of at least 4 members (excludes halogenated alkanes) is 2. The first kappa shape index (κ1) is 22.9. The van der Waals surface area contributed by atoms with Gasteiger partial charge in [-0.25, -0.2) is 4.39 Å². The van der Waals surface area contributed by atoms with Gasteiger partial charge >= 0.3 is 0 Å². The Morgan fingerprint density at radius 3 is 2.48 bits per heavy atom. The lowest BCUT2D eigenvalue weighted by Gasteiger charge is -2.36. The van der Waals surface area contributed by atoms with Crippen molar-refractivity contribution >= 4 is 36.4 Å². The van der Waals surface area contributed by atoms with E-state index in [2.05, 4.69) is 17.1 Å². The summed E-state index contributed by atoms with van der Waals surface area (Å²) >= 11 is 6.44. The highest BCUT2D eigenvalue weighted by Gasteiger charge is 2.26. The molecule has 1 atom stereocenters. The van der Waals surface area contributed by atoms with Crippen LogP contribution in [0.2, 0.25) is 5.02 Å². The Balaban J connectivity index is 0.00000242. The molecule has 1 N–H and O–H groups in total. The third kappa shape index (κ3) is 6.06. The number of nitrogens with zero attached hydrogens (tertiary/aromatic N) is 1. The average Bonchev–Trinajstić information content (AvgIpc) is 2.51. The van der Waals surface area contributed by atoms with E-state index in [1.165, 1.54) is 12.8 Å². The molecule has 1 fully saturated rings. The smallest absolute Gasteiger partial charge is 0.129 e. The molecule has 1 aliphatic heterocycles. The van der Waals surface area contributed by atoms with Crippen LogP contribution in [-0.4, -0.2) is 31.1 Å². The molecule has 1 saturated heterocycles. The van der Waals surface area contributed by atoms with Gasteiger partial charge in [-0.05, 0) is 25.0 Å². The molecule has 1 aromatic rings. The maximum absolute atomic E-state index is 14.4. The first-order valence-corrected chi connectivity index (χ1v) is 8.42. The summed E-state index contributed by atoms with van der Waals surface area (Å²) in [5.74, 6) is -0.161. The number of hydrogen-bond donors (Lipinski definition) is 1. The minimum Gasteiger partial charge on any atom is -0.314 e. The van der Waals surface area contributed by atoms with E-state index in [4.69, 9.17) is 11.6 Å². The molecule has 23 heavy (non-hydrogen) atoms. The number of rotatable bonds is 6. The lowest BCUT2D eigenvalue weighted by molar-refractivity contribution is 0.159. The summed E-state index contributed by atoms with van der Waals surface area (Å²) in [6, 6.07) is 3.43. The maximum Gasteiger partial charge on any atom is 0.129 e. The standard InChI is InChI=1S/C17H26ClFN2.2ClH/c1-3-4-5-6-15(21-11-9-20-10-12-21)16-14(19)8-7-13(2)17(16)18;;/h7-8,15,20H,3-6,9-12H2,1-2H3;2*1H/t15-;;/m0../s1. The topological polar surface area (TPSA) is 15.3 Å². The molecule has 1 heterocycles. The summed E-state index contributed by atoms with van der Waals surface area (Å²) in [4.78, 5) is 2.38. The summed E-state index contributed by atoms with van der Waals surface area (Å²) in [5, 5.41) is 3.97. The van der Waals surface area contributed by atoms with Gasteiger partial charge in [-0.2, -0.15) is 0 Å². The van der Waals surface area contributed by atoms with Crippen molar-refractivity contribution in [1.82, 2.24) is 10.2 Å². The number of nitrogens with one attached hydrogen (secondary N) is 1. The Bertz CT molecular complexity index is 465. The van der Waals surface area contributed by atoms with Crippen LogP contribution in [0.4, 0.5) is 4.39 Å². The molecule has 1 aliphatic rings. The summed E-state index contributed by atoms with van der Waals surface area (Å²) in [6.45, 7) is 8.00. The van der Waals surface area contributed by atoms with Gasteiger partial charge in [0.25, 0.3) is 0 Å². The minimum atomic E-state index is -0.161. The second kappa shape index (κ2) is 11.5. The Morgan fingerprint density at radius 1 is 1.22 bits per heavy atom. The Morgan fingerprint density at radius 2 is 1.87 bits per heavy atom. The van der Waals surface area contributed by atoms with Gasteiger partial charge in [0.05, 0.1) is 5.02 Å². The van der Waals surface area contributed by atoms with Crippen molar-refractivity contribution in [3.05, 3.63) is 34.1 Å². The summed E-state index contributed by atoms with van der Waals surface area (Å²) in [7, 11) is 0. The van der Waals surface area contributed by atoms with Crippen molar-refractivity contribution in [2.45, 2.75) is 45.6 Å². The first-order valence-electron chi connectivity index (χ1n) is 8.04. The van der Waals surface area contributed by atoms with Crippen LogP contribution in [0.25, 0.3) is 0 Å². The highest BCUT2D eigenvalue weighted by atomic mass is 35.5. The second-order valence-corrected chi connectivity index (χ2v) is 6.27. The molecular formula is C17H28Cl3FN2. The number of halogens is 4. The van der Waals surface area contributed by atoms with E-state index in [1.54, 1.807) is 12.1 Å². The Kier molecular flexibility index (Phi) is 11.5. The summed E-state index contributed by atoms with van der Waals surface area (Å²) in [5.41, 5.74) is 1.67. The molecule has 6 heteroatoms. The molecule has 0 amide bonds. The van der Waals surface area contributed by atoms with Crippen molar-refractivity contribution in [2.24, 2.45) is 0 Å². The van der Waals surface area contributed by atoms with E-state index in [0.29, 0.717) is 10.6 Å². The van der Waals surface area contributed by atoms with E-state index in [9.17, 15) is 4.39 Å². The third-order valence-electron chi connectivity index (χ3n) is 4.33. The van der Waals surface area contributed by atoms with Crippen LogP contribution in [0.1, 0.15) is 49.8 Å². The molecular weight excluding hydrogens is 358 g/mol. The number of piperazine rings is 1. The molecule has 2 nitrogen and oxygen atoms in total. The lowest BCUT2D eigenvalue weighted by atomic mass is 9.96. The van der Waals surface area contributed by atoms with Crippen LogP contribution < -0.4 is 5.32 Å². The second-order valence-electron chi connectivity index (χ2n) is 5.89. The van der Waals surface area contributed by atoms with Crippen molar-refractivity contribution < 1.29 is 4.39 Å². The van der Waals surface area contributed by atoms with E-state index < -0.39 is 0 Å². The third-order valence-corrected chi connectivity index (χ3v) is 4.83. The monoisotopic (exact) mass is 384 g/mol. The molecule has 0 spiro atoms. The Hall–Kier alpha value is -0.0600. The van der Waals surface area contributed by atoms with Crippen LogP contribution in [-0.2, 0) is 0 Å². The van der Waals surface area contributed by atoms with E-state index >= 15 is 0 Å².